The number of benzene rings is 2. The lowest BCUT2D eigenvalue weighted by molar-refractivity contribution is 0.120. The zero-order valence-electron chi connectivity index (χ0n) is 13.5. The molecular formula is C20H18N2O2. The van der Waals surface area contributed by atoms with Gasteiger partial charge in [-0.05, 0) is 31.3 Å². The van der Waals surface area contributed by atoms with E-state index in [4.69, 9.17) is 9.15 Å². The van der Waals surface area contributed by atoms with E-state index >= 15 is 0 Å². The number of nitrogens with zero attached hydrogens (tertiary/aromatic N) is 1. The van der Waals surface area contributed by atoms with Crippen LogP contribution >= 0.6 is 0 Å². The van der Waals surface area contributed by atoms with Crippen molar-refractivity contribution < 1.29 is 9.15 Å². The molecule has 0 spiro atoms. The van der Waals surface area contributed by atoms with E-state index < -0.39 is 0 Å². The van der Waals surface area contributed by atoms with E-state index in [1.807, 2.05) is 12.1 Å². The number of hydrogen-bond donors (Lipinski definition) is 1. The SMILES string of the molecule is CN1Cc2occc2C(Oc2ccc3c(c2)[nH]c2ccccc23)C1. The van der Waals surface area contributed by atoms with E-state index in [0.29, 0.717) is 0 Å². The molecule has 2 aromatic heterocycles. The molecule has 1 aliphatic rings. The van der Waals surface area contributed by atoms with Crippen LogP contribution in [0.1, 0.15) is 17.4 Å². The van der Waals surface area contributed by atoms with E-state index in [1.54, 1.807) is 6.26 Å². The van der Waals surface area contributed by atoms with Crippen molar-refractivity contribution in [3.63, 3.8) is 0 Å². The predicted octanol–water partition coefficient (Wildman–Crippen LogP) is 4.48. The molecule has 1 N–H and O–H groups in total. The first-order valence-corrected chi connectivity index (χ1v) is 8.20. The molecule has 0 saturated carbocycles. The maximum Gasteiger partial charge on any atom is 0.140 e. The van der Waals surface area contributed by atoms with Crippen molar-refractivity contribution in [2.75, 3.05) is 13.6 Å². The van der Waals surface area contributed by atoms with Crippen molar-refractivity contribution in [1.29, 1.82) is 0 Å². The van der Waals surface area contributed by atoms with E-state index in [1.165, 1.54) is 10.8 Å². The highest BCUT2D eigenvalue weighted by atomic mass is 16.5. The van der Waals surface area contributed by atoms with Crippen molar-refractivity contribution in [1.82, 2.24) is 9.88 Å². The van der Waals surface area contributed by atoms with Gasteiger partial charge in [0.1, 0.15) is 17.6 Å². The fraction of sp³-hybridized carbons (Fsp3) is 0.200. The summed E-state index contributed by atoms with van der Waals surface area (Å²) >= 11 is 0. The number of nitrogens with one attached hydrogen (secondary N) is 1. The van der Waals surface area contributed by atoms with Gasteiger partial charge in [0.25, 0.3) is 0 Å². The number of hydrogen-bond acceptors (Lipinski definition) is 3. The molecule has 120 valence electrons. The molecule has 24 heavy (non-hydrogen) atoms. The van der Waals surface area contributed by atoms with Crippen LogP contribution in [0, 0.1) is 0 Å². The normalized spacial score (nSPS) is 18.1. The molecule has 4 aromatic rings. The molecule has 5 rings (SSSR count). The lowest BCUT2D eigenvalue weighted by Gasteiger charge is -2.29. The molecule has 4 heteroatoms. The second-order valence-corrected chi connectivity index (χ2v) is 6.48. The van der Waals surface area contributed by atoms with Gasteiger partial charge in [-0.15, -0.1) is 0 Å². The van der Waals surface area contributed by atoms with Gasteiger partial charge in [0, 0.05) is 34.5 Å². The Morgan fingerprint density at radius 3 is 2.92 bits per heavy atom. The molecule has 0 aliphatic carbocycles. The third kappa shape index (κ3) is 2.11. The lowest BCUT2D eigenvalue weighted by Crippen LogP contribution is -2.32. The van der Waals surface area contributed by atoms with Gasteiger partial charge in [-0.3, -0.25) is 4.90 Å². The van der Waals surface area contributed by atoms with E-state index in [2.05, 4.69) is 53.3 Å². The van der Waals surface area contributed by atoms with Gasteiger partial charge in [-0.25, -0.2) is 0 Å². The van der Waals surface area contributed by atoms with Crippen LogP contribution in [0.15, 0.2) is 59.2 Å². The number of ether oxygens (including phenoxy) is 1. The largest absolute Gasteiger partial charge is 0.484 e. The average molecular weight is 318 g/mol. The van der Waals surface area contributed by atoms with Crippen LogP contribution in [0.25, 0.3) is 21.8 Å². The fourth-order valence-corrected chi connectivity index (χ4v) is 3.63. The standard InChI is InChI=1S/C20H18N2O2/c1-22-11-19-16(8-9-23-19)20(12-22)24-13-6-7-15-14-4-2-3-5-17(14)21-18(15)10-13/h2-10,20-21H,11-12H2,1H3. The summed E-state index contributed by atoms with van der Waals surface area (Å²) in [4.78, 5) is 5.69. The van der Waals surface area contributed by atoms with Crippen LogP contribution in [-0.2, 0) is 6.54 Å². The monoisotopic (exact) mass is 318 g/mol. The van der Waals surface area contributed by atoms with Gasteiger partial charge in [-0.2, -0.15) is 0 Å². The molecule has 0 amide bonds. The molecule has 1 aliphatic heterocycles. The van der Waals surface area contributed by atoms with Crippen molar-refractivity contribution >= 4 is 21.8 Å². The zero-order valence-corrected chi connectivity index (χ0v) is 13.5. The Morgan fingerprint density at radius 1 is 1.08 bits per heavy atom. The highest BCUT2D eigenvalue weighted by Gasteiger charge is 2.27. The third-order valence-electron chi connectivity index (χ3n) is 4.77. The Hall–Kier alpha value is -2.72. The molecule has 2 aromatic carbocycles. The maximum absolute atomic E-state index is 6.29. The van der Waals surface area contributed by atoms with E-state index in [0.717, 1.165) is 41.2 Å². The molecule has 4 nitrogen and oxygen atoms in total. The predicted molar refractivity (Wildman–Crippen MR) is 94.2 cm³/mol. The first-order valence-electron chi connectivity index (χ1n) is 8.20. The minimum absolute atomic E-state index is 0.000622. The van der Waals surface area contributed by atoms with Crippen LogP contribution in [0.5, 0.6) is 5.75 Å². The van der Waals surface area contributed by atoms with Crippen LogP contribution in [0.3, 0.4) is 0 Å². The van der Waals surface area contributed by atoms with Gasteiger partial charge in [0.2, 0.25) is 0 Å². The summed E-state index contributed by atoms with van der Waals surface area (Å²) in [6.07, 6.45) is 1.75. The Labute approximate surface area is 139 Å². The van der Waals surface area contributed by atoms with Gasteiger partial charge in [-0.1, -0.05) is 18.2 Å². The Balaban J connectivity index is 1.53. The summed E-state index contributed by atoms with van der Waals surface area (Å²) in [5.74, 6) is 1.88. The summed E-state index contributed by atoms with van der Waals surface area (Å²) < 4.78 is 11.9. The summed E-state index contributed by atoms with van der Waals surface area (Å²) in [6, 6.07) is 16.7. The highest BCUT2D eigenvalue weighted by molar-refractivity contribution is 6.07. The quantitative estimate of drug-likeness (QED) is 0.592. The Kier molecular flexibility index (Phi) is 2.94. The van der Waals surface area contributed by atoms with Crippen LogP contribution in [0.2, 0.25) is 0 Å². The smallest absolute Gasteiger partial charge is 0.140 e. The van der Waals surface area contributed by atoms with E-state index in [-0.39, 0.29) is 6.10 Å². The fourth-order valence-electron chi connectivity index (χ4n) is 3.63. The second kappa shape index (κ2) is 5.14. The second-order valence-electron chi connectivity index (χ2n) is 6.48. The maximum atomic E-state index is 6.29. The molecule has 1 unspecified atom stereocenters. The number of para-hydroxylation sites is 1. The number of fused-ring (bicyclic) bond motifs is 4. The summed E-state index contributed by atoms with van der Waals surface area (Å²) in [7, 11) is 2.09. The minimum Gasteiger partial charge on any atom is -0.484 e. The summed E-state index contributed by atoms with van der Waals surface area (Å²) in [5.41, 5.74) is 3.41. The molecule has 0 saturated heterocycles. The summed E-state index contributed by atoms with van der Waals surface area (Å²) in [5, 5.41) is 2.47. The van der Waals surface area contributed by atoms with E-state index in [9.17, 15) is 0 Å². The molecule has 3 heterocycles. The topological polar surface area (TPSA) is 41.4 Å². The zero-order chi connectivity index (χ0) is 16.1. The number of aromatic amines is 1. The van der Waals surface area contributed by atoms with Crippen LogP contribution < -0.4 is 4.74 Å². The molecule has 0 radical (unpaired) electrons. The number of aromatic nitrogens is 1. The van der Waals surface area contributed by atoms with Crippen LogP contribution in [-0.4, -0.2) is 23.5 Å². The van der Waals surface area contributed by atoms with Crippen molar-refractivity contribution in [3.05, 3.63) is 66.1 Å². The van der Waals surface area contributed by atoms with Crippen LogP contribution in [0.4, 0.5) is 0 Å². The Morgan fingerprint density at radius 2 is 1.96 bits per heavy atom. The van der Waals surface area contributed by atoms with Crippen molar-refractivity contribution in [3.8, 4) is 5.75 Å². The van der Waals surface area contributed by atoms with Gasteiger partial charge >= 0.3 is 0 Å². The van der Waals surface area contributed by atoms with Crippen molar-refractivity contribution in [2.24, 2.45) is 0 Å². The number of furan rings is 1. The number of H-pyrrole nitrogens is 1. The number of likely N-dealkylation sites (N-methyl/N-ethyl adjacent to an activating group) is 1. The van der Waals surface area contributed by atoms with Gasteiger partial charge in [0.05, 0.1) is 18.3 Å². The van der Waals surface area contributed by atoms with Crippen molar-refractivity contribution in [2.45, 2.75) is 12.6 Å². The average Bonchev–Trinajstić information content (AvgIpc) is 3.18. The Bertz CT molecular complexity index is 1030. The lowest BCUT2D eigenvalue weighted by atomic mass is 10.1. The summed E-state index contributed by atoms with van der Waals surface area (Å²) in [6.45, 7) is 1.69. The third-order valence-corrected chi connectivity index (χ3v) is 4.77. The molecular weight excluding hydrogens is 300 g/mol. The first kappa shape index (κ1) is 13.7. The minimum atomic E-state index is -0.000622. The van der Waals surface area contributed by atoms with Gasteiger partial charge in [0.15, 0.2) is 0 Å². The number of rotatable bonds is 2. The first-order chi connectivity index (χ1) is 11.8. The highest BCUT2D eigenvalue weighted by Crippen LogP contribution is 2.33. The van der Waals surface area contributed by atoms with Gasteiger partial charge < -0.3 is 14.1 Å². The molecule has 0 fully saturated rings. The molecule has 0 bridgehead atoms. The molecule has 1 atom stereocenters.